The molecule has 1 N–H and O–H groups in total. The van der Waals surface area contributed by atoms with E-state index in [1.54, 1.807) is 0 Å². The molecule has 0 saturated carbocycles. The van der Waals surface area contributed by atoms with Crippen LogP contribution in [0.5, 0.6) is 5.75 Å². The van der Waals surface area contributed by atoms with Crippen LogP contribution in [-0.2, 0) is 20.0 Å². The average Bonchev–Trinajstić information content (AvgIpc) is 2.96. The van der Waals surface area contributed by atoms with E-state index >= 15 is 0 Å². The van der Waals surface area contributed by atoms with Gasteiger partial charge in [-0.15, -0.1) is 0 Å². The first-order chi connectivity index (χ1) is 12.6. The number of rotatable bonds is 5. The molecular formula is C17H19FN2O5S2. The third-order valence-electron chi connectivity index (χ3n) is 4.26. The summed E-state index contributed by atoms with van der Waals surface area (Å²) in [6, 6.07) is 7.91. The van der Waals surface area contributed by atoms with E-state index in [9.17, 15) is 21.2 Å². The monoisotopic (exact) mass is 414 g/mol. The minimum Gasteiger partial charge on any atom is -0.494 e. The van der Waals surface area contributed by atoms with Crippen molar-refractivity contribution < 1.29 is 26.0 Å². The molecule has 146 valence electrons. The highest BCUT2D eigenvalue weighted by Gasteiger charge is 2.29. The molecule has 10 heteroatoms. The number of ether oxygens (including phenoxy) is 1. The van der Waals surface area contributed by atoms with Gasteiger partial charge in [-0.25, -0.2) is 21.2 Å². The van der Waals surface area contributed by atoms with E-state index < -0.39 is 25.9 Å². The maximum atomic E-state index is 13.4. The molecule has 0 spiro atoms. The van der Waals surface area contributed by atoms with Gasteiger partial charge in [0.1, 0.15) is 11.6 Å². The Morgan fingerprint density at radius 1 is 1.19 bits per heavy atom. The molecule has 1 aliphatic heterocycles. The zero-order chi connectivity index (χ0) is 19.8. The maximum absolute atomic E-state index is 13.4. The fourth-order valence-electron chi connectivity index (χ4n) is 2.84. The van der Waals surface area contributed by atoms with E-state index in [1.165, 1.54) is 48.7 Å². The van der Waals surface area contributed by atoms with Crippen LogP contribution in [0.2, 0.25) is 0 Å². The lowest BCUT2D eigenvalue weighted by Gasteiger charge is -2.19. The number of hydrogen-bond donors (Lipinski definition) is 1. The van der Waals surface area contributed by atoms with Crippen molar-refractivity contribution in [3.63, 3.8) is 0 Å². The van der Waals surface area contributed by atoms with Gasteiger partial charge in [-0.3, -0.25) is 9.03 Å². The molecule has 1 aliphatic rings. The predicted octanol–water partition coefficient (Wildman–Crippen LogP) is 2.48. The Kier molecular flexibility index (Phi) is 5.04. The molecule has 0 aromatic heterocycles. The van der Waals surface area contributed by atoms with E-state index in [2.05, 4.69) is 4.72 Å². The SMILES string of the molecule is COc1cc(N2CCCS2(=O)=O)ccc1NS(=O)(=O)c1ccc(F)c(C)c1. The minimum absolute atomic E-state index is 0.0770. The summed E-state index contributed by atoms with van der Waals surface area (Å²) in [6.07, 6.45) is 0.531. The largest absolute Gasteiger partial charge is 0.494 e. The number of nitrogens with zero attached hydrogens (tertiary/aromatic N) is 1. The van der Waals surface area contributed by atoms with Crippen molar-refractivity contribution in [2.75, 3.05) is 28.4 Å². The van der Waals surface area contributed by atoms with Gasteiger partial charge < -0.3 is 4.74 Å². The summed E-state index contributed by atoms with van der Waals surface area (Å²) in [5, 5.41) is 0. The number of methoxy groups -OCH3 is 1. The number of anilines is 2. The van der Waals surface area contributed by atoms with E-state index in [0.717, 1.165) is 6.07 Å². The molecule has 0 aliphatic carbocycles. The van der Waals surface area contributed by atoms with Crippen molar-refractivity contribution in [2.45, 2.75) is 18.2 Å². The molecule has 7 nitrogen and oxygen atoms in total. The molecule has 0 bridgehead atoms. The van der Waals surface area contributed by atoms with Gasteiger partial charge in [0.05, 0.1) is 29.1 Å². The van der Waals surface area contributed by atoms with Gasteiger partial charge in [-0.1, -0.05) is 0 Å². The van der Waals surface area contributed by atoms with E-state index in [0.29, 0.717) is 18.7 Å². The first-order valence-corrected chi connectivity index (χ1v) is 11.2. The lowest BCUT2D eigenvalue weighted by Crippen LogP contribution is -2.25. The highest BCUT2D eigenvalue weighted by atomic mass is 32.2. The van der Waals surface area contributed by atoms with Crippen molar-refractivity contribution in [3.8, 4) is 5.75 Å². The Balaban J connectivity index is 1.94. The third-order valence-corrected chi connectivity index (χ3v) is 7.49. The first-order valence-electron chi connectivity index (χ1n) is 8.11. The van der Waals surface area contributed by atoms with E-state index in [1.807, 2.05) is 0 Å². The van der Waals surface area contributed by atoms with Gasteiger partial charge in [0.2, 0.25) is 10.0 Å². The molecule has 1 fully saturated rings. The summed E-state index contributed by atoms with van der Waals surface area (Å²) in [5.74, 6) is -0.243. The van der Waals surface area contributed by atoms with Gasteiger partial charge in [0, 0.05) is 12.6 Å². The van der Waals surface area contributed by atoms with Gasteiger partial charge in [0.25, 0.3) is 10.0 Å². The van der Waals surface area contributed by atoms with E-state index in [-0.39, 0.29) is 27.6 Å². The van der Waals surface area contributed by atoms with Crippen molar-refractivity contribution in [3.05, 3.63) is 47.8 Å². The normalized spacial score (nSPS) is 16.3. The smallest absolute Gasteiger partial charge is 0.262 e. The van der Waals surface area contributed by atoms with Crippen LogP contribution >= 0.6 is 0 Å². The molecule has 0 amide bonds. The molecule has 2 aromatic rings. The Labute approximate surface area is 157 Å². The maximum Gasteiger partial charge on any atom is 0.262 e. The van der Waals surface area contributed by atoms with Crippen LogP contribution in [0, 0.1) is 12.7 Å². The Morgan fingerprint density at radius 2 is 1.93 bits per heavy atom. The topological polar surface area (TPSA) is 92.8 Å². The van der Waals surface area contributed by atoms with Crippen molar-refractivity contribution in [1.29, 1.82) is 0 Å². The van der Waals surface area contributed by atoms with Gasteiger partial charge in [-0.2, -0.15) is 0 Å². The van der Waals surface area contributed by atoms with Gasteiger partial charge in [0.15, 0.2) is 0 Å². The molecule has 1 saturated heterocycles. The van der Waals surface area contributed by atoms with Crippen molar-refractivity contribution in [1.82, 2.24) is 0 Å². The Bertz CT molecular complexity index is 1080. The van der Waals surface area contributed by atoms with Crippen molar-refractivity contribution >= 4 is 31.4 Å². The van der Waals surface area contributed by atoms with Gasteiger partial charge >= 0.3 is 0 Å². The Hall–Kier alpha value is -2.33. The summed E-state index contributed by atoms with van der Waals surface area (Å²) in [6.45, 7) is 1.84. The zero-order valence-corrected chi connectivity index (χ0v) is 16.4. The summed E-state index contributed by atoms with van der Waals surface area (Å²) in [4.78, 5) is -0.0883. The molecule has 1 heterocycles. The number of sulfonamides is 2. The van der Waals surface area contributed by atoms with Crippen LogP contribution in [0.4, 0.5) is 15.8 Å². The number of nitrogens with one attached hydrogen (secondary N) is 1. The molecule has 0 radical (unpaired) electrons. The standard InChI is InChI=1S/C17H19FN2O5S2/c1-12-10-14(5-6-15(12)18)27(23,24)19-16-7-4-13(11-17(16)25-2)20-8-3-9-26(20,21)22/h4-7,10-11,19H,3,8-9H2,1-2H3. The number of benzene rings is 2. The fourth-order valence-corrected chi connectivity index (χ4v) is 5.55. The quantitative estimate of drug-likeness (QED) is 0.811. The number of aryl methyl sites for hydroxylation is 1. The van der Waals surface area contributed by atoms with Gasteiger partial charge in [-0.05, 0) is 49.2 Å². The second kappa shape index (κ2) is 7.01. The summed E-state index contributed by atoms with van der Waals surface area (Å²) in [7, 11) is -5.97. The fraction of sp³-hybridized carbons (Fsp3) is 0.294. The number of halogens is 1. The van der Waals surface area contributed by atoms with Crippen LogP contribution in [0.1, 0.15) is 12.0 Å². The molecule has 0 unspecified atom stereocenters. The Morgan fingerprint density at radius 3 is 2.52 bits per heavy atom. The van der Waals surface area contributed by atoms with Crippen LogP contribution in [0.15, 0.2) is 41.3 Å². The van der Waals surface area contributed by atoms with Crippen LogP contribution < -0.4 is 13.8 Å². The van der Waals surface area contributed by atoms with Crippen LogP contribution in [-0.4, -0.2) is 36.2 Å². The molecule has 2 aromatic carbocycles. The third kappa shape index (κ3) is 3.86. The number of hydrogen-bond acceptors (Lipinski definition) is 5. The highest BCUT2D eigenvalue weighted by molar-refractivity contribution is 7.93. The summed E-state index contributed by atoms with van der Waals surface area (Å²) in [5.41, 5.74) is 0.768. The zero-order valence-electron chi connectivity index (χ0n) is 14.8. The molecule has 0 atom stereocenters. The minimum atomic E-state index is -3.97. The van der Waals surface area contributed by atoms with E-state index in [4.69, 9.17) is 4.74 Å². The molecular weight excluding hydrogens is 395 g/mol. The lowest BCUT2D eigenvalue weighted by atomic mass is 10.2. The second-order valence-electron chi connectivity index (χ2n) is 6.14. The predicted molar refractivity (Wildman–Crippen MR) is 101 cm³/mol. The first kappa shape index (κ1) is 19.4. The highest BCUT2D eigenvalue weighted by Crippen LogP contribution is 2.34. The molecule has 3 rings (SSSR count). The lowest BCUT2D eigenvalue weighted by molar-refractivity contribution is 0.417. The summed E-state index contributed by atoms with van der Waals surface area (Å²) >= 11 is 0. The van der Waals surface area contributed by atoms with Crippen LogP contribution in [0.3, 0.4) is 0 Å². The van der Waals surface area contributed by atoms with Crippen LogP contribution in [0.25, 0.3) is 0 Å². The average molecular weight is 414 g/mol. The molecule has 27 heavy (non-hydrogen) atoms. The van der Waals surface area contributed by atoms with Crippen molar-refractivity contribution in [2.24, 2.45) is 0 Å². The summed E-state index contributed by atoms with van der Waals surface area (Å²) < 4.78 is 71.6. The second-order valence-corrected chi connectivity index (χ2v) is 9.84.